The number of carbonyl (C=O) groups excluding carboxylic acids is 1. The number of halogens is 1. The monoisotopic (exact) mass is 390 g/mol. The number of hydrogen-bond acceptors (Lipinski definition) is 6. The molecule has 0 spiro atoms. The Morgan fingerprint density at radius 2 is 2.24 bits per heavy atom. The minimum atomic E-state index is 0.0215. The highest BCUT2D eigenvalue weighted by Crippen LogP contribution is 2.40. The second kappa shape index (κ2) is 6.94. The number of rotatable bonds is 5. The first-order valence-electron chi connectivity index (χ1n) is 7.92. The number of aryl methyl sites for hydroxylation is 2. The Labute approximate surface area is 158 Å². The summed E-state index contributed by atoms with van der Waals surface area (Å²) in [6, 6.07) is 5.11. The molecule has 0 N–H and O–H groups in total. The molecule has 25 heavy (non-hydrogen) atoms. The molecule has 0 unspecified atom stereocenters. The first kappa shape index (κ1) is 16.8. The van der Waals surface area contributed by atoms with E-state index in [1.165, 1.54) is 28.6 Å². The van der Waals surface area contributed by atoms with Crippen LogP contribution in [0, 0.1) is 0 Å². The van der Waals surface area contributed by atoms with E-state index in [1.807, 2.05) is 0 Å². The Morgan fingerprint density at radius 1 is 1.36 bits per heavy atom. The summed E-state index contributed by atoms with van der Waals surface area (Å²) in [6.45, 7) is 0. The third-order valence-electron chi connectivity index (χ3n) is 4.28. The van der Waals surface area contributed by atoms with Crippen molar-refractivity contribution >= 4 is 50.7 Å². The number of hydrogen-bond donors (Lipinski definition) is 0. The maximum Gasteiger partial charge on any atom is 0.173 e. The molecule has 0 bridgehead atoms. The third-order valence-corrected chi connectivity index (χ3v) is 6.76. The van der Waals surface area contributed by atoms with Crippen LogP contribution in [-0.4, -0.2) is 28.6 Å². The van der Waals surface area contributed by atoms with Crippen LogP contribution < -0.4 is 4.74 Å². The van der Waals surface area contributed by atoms with Crippen molar-refractivity contribution in [3.8, 4) is 5.75 Å². The molecule has 1 aliphatic rings. The minimum absolute atomic E-state index is 0.0215. The summed E-state index contributed by atoms with van der Waals surface area (Å²) < 4.78 is 5.13. The van der Waals surface area contributed by atoms with Crippen LogP contribution >= 0.6 is 34.7 Å². The normalized spacial score (nSPS) is 13.2. The van der Waals surface area contributed by atoms with E-state index in [-0.39, 0.29) is 5.78 Å². The number of thioether (sulfide) groups is 1. The summed E-state index contributed by atoms with van der Waals surface area (Å²) in [7, 11) is 1.55. The van der Waals surface area contributed by atoms with Gasteiger partial charge in [0.05, 0.1) is 17.9 Å². The smallest absolute Gasteiger partial charge is 0.173 e. The second-order valence-corrected chi connectivity index (χ2v) is 8.23. The zero-order valence-electron chi connectivity index (χ0n) is 13.5. The highest BCUT2D eigenvalue weighted by atomic mass is 35.5. The lowest BCUT2D eigenvalue weighted by Gasteiger charge is -2.06. The van der Waals surface area contributed by atoms with E-state index >= 15 is 0 Å². The van der Waals surface area contributed by atoms with Gasteiger partial charge in [0, 0.05) is 15.8 Å². The maximum atomic E-state index is 12.5. The van der Waals surface area contributed by atoms with Crippen LogP contribution in [0.4, 0.5) is 0 Å². The molecule has 4 rings (SSSR count). The molecule has 3 aromatic rings. The van der Waals surface area contributed by atoms with E-state index in [9.17, 15) is 4.79 Å². The van der Waals surface area contributed by atoms with Crippen LogP contribution in [0.15, 0.2) is 29.6 Å². The van der Waals surface area contributed by atoms with E-state index in [2.05, 4.69) is 9.97 Å². The number of methoxy groups -OCH3 is 1. The average Bonchev–Trinajstić information content (AvgIpc) is 3.20. The zero-order valence-corrected chi connectivity index (χ0v) is 15.9. The number of Topliss-reactive ketones (excluding diaryl/α,β-unsaturated/α-hetero) is 1. The van der Waals surface area contributed by atoms with Gasteiger partial charge < -0.3 is 4.74 Å². The average molecular weight is 391 g/mol. The Balaban J connectivity index is 1.56. The number of nitrogens with zero attached hydrogens (tertiary/aromatic N) is 2. The molecule has 128 valence electrons. The van der Waals surface area contributed by atoms with Crippen molar-refractivity contribution in [1.29, 1.82) is 0 Å². The van der Waals surface area contributed by atoms with Crippen LogP contribution in [0.3, 0.4) is 0 Å². The van der Waals surface area contributed by atoms with Gasteiger partial charge in [0.2, 0.25) is 0 Å². The molecule has 0 saturated carbocycles. The van der Waals surface area contributed by atoms with Gasteiger partial charge in [0.15, 0.2) is 5.78 Å². The van der Waals surface area contributed by atoms with Gasteiger partial charge in [0.1, 0.15) is 21.9 Å². The van der Waals surface area contributed by atoms with Gasteiger partial charge in [-0.3, -0.25) is 4.79 Å². The number of carbonyl (C=O) groups is 1. The Hall–Kier alpha value is -1.63. The lowest BCUT2D eigenvalue weighted by Crippen LogP contribution is -2.03. The summed E-state index contributed by atoms with van der Waals surface area (Å²) in [4.78, 5) is 23.8. The fourth-order valence-corrected chi connectivity index (χ4v) is 5.54. The molecule has 2 aromatic heterocycles. The topological polar surface area (TPSA) is 52.1 Å². The van der Waals surface area contributed by atoms with E-state index in [0.717, 1.165) is 28.1 Å². The lowest BCUT2D eigenvalue weighted by atomic mass is 10.1. The third kappa shape index (κ3) is 3.14. The molecule has 4 nitrogen and oxygen atoms in total. The molecule has 0 atom stereocenters. The predicted molar refractivity (Wildman–Crippen MR) is 102 cm³/mol. The van der Waals surface area contributed by atoms with E-state index in [1.54, 1.807) is 43.0 Å². The molecule has 0 fully saturated rings. The summed E-state index contributed by atoms with van der Waals surface area (Å²) in [5.74, 6) is 0.907. The van der Waals surface area contributed by atoms with Crippen molar-refractivity contribution in [3.05, 3.63) is 45.6 Å². The van der Waals surface area contributed by atoms with E-state index in [0.29, 0.717) is 22.1 Å². The van der Waals surface area contributed by atoms with Gasteiger partial charge in [0.25, 0.3) is 0 Å². The van der Waals surface area contributed by atoms with Crippen LogP contribution in [-0.2, 0) is 12.8 Å². The minimum Gasteiger partial charge on any atom is -0.495 e. The summed E-state index contributed by atoms with van der Waals surface area (Å²) in [5, 5.41) is 2.49. The van der Waals surface area contributed by atoms with E-state index < -0.39 is 0 Å². The van der Waals surface area contributed by atoms with Crippen molar-refractivity contribution in [2.75, 3.05) is 12.9 Å². The van der Waals surface area contributed by atoms with Gasteiger partial charge in [-0.05, 0) is 43.0 Å². The van der Waals surface area contributed by atoms with Crippen molar-refractivity contribution in [2.45, 2.75) is 24.3 Å². The number of thiophene rings is 1. The molecule has 1 aliphatic carbocycles. The quantitative estimate of drug-likeness (QED) is 0.355. The fraction of sp³-hybridized carbons (Fsp3) is 0.278. The van der Waals surface area contributed by atoms with E-state index in [4.69, 9.17) is 16.3 Å². The molecule has 7 heteroatoms. The second-order valence-electron chi connectivity index (χ2n) is 5.78. The van der Waals surface area contributed by atoms with Crippen molar-refractivity contribution in [1.82, 2.24) is 9.97 Å². The number of fused-ring (bicyclic) bond motifs is 3. The molecule has 1 aromatic carbocycles. The molecule has 2 heterocycles. The predicted octanol–water partition coefficient (Wildman–Crippen LogP) is 4.82. The van der Waals surface area contributed by atoms with Gasteiger partial charge in [-0.1, -0.05) is 23.4 Å². The first-order valence-corrected chi connectivity index (χ1v) is 10.1. The molecule has 0 radical (unpaired) electrons. The van der Waals surface area contributed by atoms with Gasteiger partial charge in [-0.2, -0.15) is 0 Å². The SMILES string of the molecule is COc1ccc(C(=O)CSc2ncnc3sc4c(c23)CCC4)cc1Cl. The number of aromatic nitrogens is 2. The number of ether oxygens (including phenoxy) is 1. The molecule has 0 amide bonds. The van der Waals surface area contributed by atoms with Crippen LogP contribution in [0.1, 0.15) is 27.2 Å². The molecular formula is C18H15ClN2O2S2. The summed E-state index contributed by atoms with van der Waals surface area (Å²) in [5.41, 5.74) is 1.96. The highest BCUT2D eigenvalue weighted by Gasteiger charge is 2.21. The number of benzene rings is 1. The molecule has 0 aliphatic heterocycles. The number of ketones is 1. The Kier molecular flexibility index (Phi) is 4.67. The first-order chi connectivity index (χ1) is 12.2. The van der Waals surface area contributed by atoms with Gasteiger partial charge in [-0.15, -0.1) is 11.3 Å². The van der Waals surface area contributed by atoms with Gasteiger partial charge in [-0.25, -0.2) is 9.97 Å². The standard InChI is InChI=1S/C18H15ClN2O2S2/c1-23-14-6-5-10(7-12(14)19)13(22)8-24-17-16-11-3-2-4-15(11)25-18(16)21-9-20-17/h5-7,9H,2-4,8H2,1H3. The molecular weight excluding hydrogens is 376 g/mol. The van der Waals surface area contributed by atoms with Crippen LogP contribution in [0.2, 0.25) is 5.02 Å². The molecule has 0 saturated heterocycles. The van der Waals surface area contributed by atoms with Crippen LogP contribution in [0.5, 0.6) is 5.75 Å². The Morgan fingerprint density at radius 3 is 3.04 bits per heavy atom. The van der Waals surface area contributed by atoms with Crippen molar-refractivity contribution in [2.24, 2.45) is 0 Å². The lowest BCUT2D eigenvalue weighted by molar-refractivity contribution is 0.102. The van der Waals surface area contributed by atoms with Gasteiger partial charge >= 0.3 is 0 Å². The Bertz CT molecular complexity index is 971. The highest BCUT2D eigenvalue weighted by molar-refractivity contribution is 8.00. The summed E-state index contributed by atoms with van der Waals surface area (Å²) >= 11 is 9.34. The van der Waals surface area contributed by atoms with Crippen molar-refractivity contribution < 1.29 is 9.53 Å². The fourth-order valence-electron chi connectivity index (χ4n) is 3.07. The summed E-state index contributed by atoms with van der Waals surface area (Å²) in [6.07, 6.45) is 4.99. The maximum absolute atomic E-state index is 12.5. The zero-order chi connectivity index (χ0) is 17.4. The van der Waals surface area contributed by atoms with Crippen LogP contribution in [0.25, 0.3) is 10.2 Å². The largest absolute Gasteiger partial charge is 0.495 e. The van der Waals surface area contributed by atoms with Crippen molar-refractivity contribution in [3.63, 3.8) is 0 Å².